The smallest absolute Gasteiger partial charge is 0.282 e. The quantitative estimate of drug-likeness (QED) is 0.581. The zero-order valence-electron chi connectivity index (χ0n) is 17.1. The molecule has 30 heavy (non-hydrogen) atoms. The van der Waals surface area contributed by atoms with E-state index in [1.807, 2.05) is 49.4 Å². The number of carbonyl (C=O) groups excluding carboxylic acids is 2. The molecule has 1 aromatic heterocycles. The van der Waals surface area contributed by atoms with Crippen molar-refractivity contribution in [3.8, 4) is 0 Å². The molecule has 3 aromatic rings. The average molecular weight is 421 g/mol. The minimum atomic E-state index is -0.497. The summed E-state index contributed by atoms with van der Waals surface area (Å²) in [5.74, 6) is -0.143. The van der Waals surface area contributed by atoms with E-state index in [1.165, 1.54) is 9.60 Å². The molecule has 2 fully saturated rings. The summed E-state index contributed by atoms with van der Waals surface area (Å²) in [7, 11) is 0. The van der Waals surface area contributed by atoms with Gasteiger partial charge in [-0.25, -0.2) is 14.7 Å². The van der Waals surface area contributed by atoms with Gasteiger partial charge in [-0.2, -0.15) is 0 Å². The largest absolute Gasteiger partial charge is 0.333 e. The number of hydrogen-bond donors (Lipinski definition) is 0. The predicted molar refractivity (Wildman–Crippen MR) is 119 cm³/mol. The van der Waals surface area contributed by atoms with Gasteiger partial charge in [0.25, 0.3) is 5.91 Å². The van der Waals surface area contributed by atoms with Crippen LogP contribution in [-0.2, 0) is 4.79 Å². The fourth-order valence-corrected chi connectivity index (χ4v) is 5.52. The Morgan fingerprint density at radius 3 is 2.63 bits per heavy atom. The number of amides is 3. The van der Waals surface area contributed by atoms with Crippen LogP contribution in [0.3, 0.4) is 0 Å². The van der Waals surface area contributed by atoms with E-state index in [-0.39, 0.29) is 18.0 Å². The maximum Gasteiger partial charge on any atom is 0.333 e. The first-order chi connectivity index (χ1) is 14.5. The number of imide groups is 1. The number of thiazole rings is 1. The SMILES string of the molecule is Cc1ccc(N2C(=O)N(CN3CCCC3c3nc4ccccc4s3)C(=O)C2C)cc1. The van der Waals surface area contributed by atoms with E-state index in [9.17, 15) is 9.59 Å². The number of carbonyl (C=O) groups is 2. The van der Waals surface area contributed by atoms with E-state index < -0.39 is 6.04 Å². The van der Waals surface area contributed by atoms with Crippen LogP contribution < -0.4 is 4.90 Å². The lowest BCUT2D eigenvalue weighted by molar-refractivity contribution is -0.128. The highest BCUT2D eigenvalue weighted by Crippen LogP contribution is 2.37. The molecule has 0 spiro atoms. The summed E-state index contributed by atoms with van der Waals surface area (Å²) in [4.78, 5) is 36.2. The van der Waals surface area contributed by atoms with E-state index in [2.05, 4.69) is 11.0 Å². The number of rotatable bonds is 4. The van der Waals surface area contributed by atoms with E-state index in [0.717, 1.165) is 41.2 Å². The fourth-order valence-electron chi connectivity index (χ4n) is 4.38. The monoisotopic (exact) mass is 420 g/mol. The first-order valence-electron chi connectivity index (χ1n) is 10.3. The molecule has 7 heteroatoms. The number of aryl methyl sites for hydroxylation is 1. The van der Waals surface area contributed by atoms with Crippen LogP contribution in [0.15, 0.2) is 48.5 Å². The molecule has 2 aliphatic rings. The number of likely N-dealkylation sites (tertiary alicyclic amines) is 1. The zero-order valence-corrected chi connectivity index (χ0v) is 17.9. The Labute approximate surface area is 179 Å². The lowest BCUT2D eigenvalue weighted by atomic mass is 10.2. The van der Waals surface area contributed by atoms with Crippen LogP contribution in [0.2, 0.25) is 0 Å². The highest BCUT2D eigenvalue weighted by Gasteiger charge is 2.45. The number of aromatic nitrogens is 1. The van der Waals surface area contributed by atoms with Crippen molar-refractivity contribution in [3.05, 3.63) is 59.1 Å². The van der Waals surface area contributed by atoms with Crippen LogP contribution in [0.4, 0.5) is 10.5 Å². The third kappa shape index (κ3) is 3.18. The molecule has 154 valence electrons. The summed E-state index contributed by atoms with van der Waals surface area (Å²) in [5.41, 5.74) is 2.90. The molecule has 3 heterocycles. The Morgan fingerprint density at radius 2 is 1.87 bits per heavy atom. The molecule has 0 saturated carbocycles. The van der Waals surface area contributed by atoms with Gasteiger partial charge < -0.3 is 0 Å². The number of benzene rings is 2. The Balaban J connectivity index is 1.38. The Kier molecular flexibility index (Phi) is 4.79. The first-order valence-corrected chi connectivity index (χ1v) is 11.2. The topological polar surface area (TPSA) is 56.8 Å². The van der Waals surface area contributed by atoms with Gasteiger partial charge in [-0.1, -0.05) is 29.8 Å². The molecule has 2 saturated heterocycles. The third-order valence-corrected chi connectivity index (χ3v) is 7.18. The molecule has 5 rings (SSSR count). The standard InChI is InChI=1S/C23H24N4O2S/c1-15-9-11-17(12-10-15)27-16(2)22(28)26(23(27)29)14-25-13-5-7-19(25)21-24-18-6-3-4-8-20(18)30-21/h3-4,6,8-12,16,19H,5,7,13-14H2,1-2H3. The van der Waals surface area contributed by atoms with Gasteiger partial charge in [-0.05, 0) is 51.0 Å². The number of nitrogens with zero attached hydrogens (tertiary/aromatic N) is 4. The van der Waals surface area contributed by atoms with Gasteiger partial charge >= 0.3 is 6.03 Å². The molecule has 0 radical (unpaired) electrons. The van der Waals surface area contributed by atoms with Gasteiger partial charge in [0.2, 0.25) is 0 Å². The second-order valence-electron chi connectivity index (χ2n) is 8.06. The van der Waals surface area contributed by atoms with Crippen molar-refractivity contribution in [1.82, 2.24) is 14.8 Å². The van der Waals surface area contributed by atoms with Crippen LogP contribution in [-0.4, -0.2) is 46.0 Å². The van der Waals surface area contributed by atoms with Crippen molar-refractivity contribution in [2.24, 2.45) is 0 Å². The van der Waals surface area contributed by atoms with Gasteiger partial charge in [0.15, 0.2) is 0 Å². The van der Waals surface area contributed by atoms with Crippen LogP contribution >= 0.6 is 11.3 Å². The molecule has 0 N–H and O–H groups in total. The van der Waals surface area contributed by atoms with Gasteiger partial charge in [0.1, 0.15) is 11.0 Å². The van der Waals surface area contributed by atoms with Gasteiger partial charge in [-0.3, -0.25) is 14.6 Å². The highest BCUT2D eigenvalue weighted by molar-refractivity contribution is 7.18. The molecule has 2 aliphatic heterocycles. The number of urea groups is 1. The molecule has 0 aliphatic carbocycles. The minimum absolute atomic E-state index is 0.143. The van der Waals surface area contributed by atoms with Crippen molar-refractivity contribution in [1.29, 1.82) is 0 Å². The molecule has 2 atom stereocenters. The van der Waals surface area contributed by atoms with Gasteiger partial charge in [-0.15, -0.1) is 11.3 Å². The molecule has 3 amide bonds. The van der Waals surface area contributed by atoms with Crippen molar-refractivity contribution in [3.63, 3.8) is 0 Å². The summed E-state index contributed by atoms with van der Waals surface area (Å²) >= 11 is 1.71. The van der Waals surface area contributed by atoms with E-state index in [4.69, 9.17) is 4.98 Å². The molecule has 2 unspecified atom stereocenters. The Morgan fingerprint density at radius 1 is 1.10 bits per heavy atom. The number of anilines is 1. The Bertz CT molecular complexity index is 1080. The third-order valence-electron chi connectivity index (χ3n) is 6.04. The maximum atomic E-state index is 13.2. The van der Waals surface area contributed by atoms with Crippen LogP contribution in [0.1, 0.15) is 36.4 Å². The maximum absolute atomic E-state index is 13.2. The molecule has 2 aromatic carbocycles. The molecule has 0 bridgehead atoms. The van der Waals surface area contributed by atoms with Gasteiger partial charge in [0, 0.05) is 12.2 Å². The highest BCUT2D eigenvalue weighted by atomic mass is 32.1. The minimum Gasteiger partial charge on any atom is -0.282 e. The van der Waals surface area contributed by atoms with E-state index in [0.29, 0.717) is 6.67 Å². The van der Waals surface area contributed by atoms with E-state index >= 15 is 0 Å². The number of fused-ring (bicyclic) bond motifs is 1. The summed E-state index contributed by atoms with van der Waals surface area (Å²) < 4.78 is 1.17. The average Bonchev–Trinajstić information content (AvgIpc) is 3.43. The van der Waals surface area contributed by atoms with Crippen LogP contribution in [0.5, 0.6) is 0 Å². The van der Waals surface area contributed by atoms with Crippen molar-refractivity contribution in [2.75, 3.05) is 18.1 Å². The fraction of sp³-hybridized carbons (Fsp3) is 0.348. The lowest BCUT2D eigenvalue weighted by Gasteiger charge is -2.27. The predicted octanol–water partition coefficient (Wildman–Crippen LogP) is 4.56. The van der Waals surface area contributed by atoms with Crippen molar-refractivity contribution < 1.29 is 9.59 Å². The van der Waals surface area contributed by atoms with Crippen molar-refractivity contribution >= 4 is 39.2 Å². The molecule has 6 nitrogen and oxygen atoms in total. The Hall–Kier alpha value is -2.77. The summed E-state index contributed by atoms with van der Waals surface area (Å²) in [6.45, 7) is 4.97. The zero-order chi connectivity index (χ0) is 20.8. The summed E-state index contributed by atoms with van der Waals surface area (Å²) in [6.07, 6.45) is 2.03. The first kappa shape index (κ1) is 19.2. The number of para-hydroxylation sites is 1. The lowest BCUT2D eigenvalue weighted by Crippen LogP contribution is -2.42. The van der Waals surface area contributed by atoms with E-state index in [1.54, 1.807) is 23.2 Å². The molecular formula is C23H24N4O2S. The van der Waals surface area contributed by atoms with Crippen molar-refractivity contribution in [2.45, 2.75) is 38.8 Å². The summed E-state index contributed by atoms with van der Waals surface area (Å²) in [6, 6.07) is 15.3. The van der Waals surface area contributed by atoms with Crippen LogP contribution in [0, 0.1) is 6.92 Å². The van der Waals surface area contributed by atoms with Gasteiger partial charge in [0.05, 0.1) is 22.9 Å². The molecular weight excluding hydrogens is 396 g/mol. The second kappa shape index (κ2) is 7.49. The second-order valence-corrected chi connectivity index (χ2v) is 9.12. The van der Waals surface area contributed by atoms with Crippen LogP contribution in [0.25, 0.3) is 10.2 Å². The summed E-state index contributed by atoms with van der Waals surface area (Å²) in [5, 5.41) is 1.07. The normalized spacial score (nSPS) is 22.6. The number of hydrogen-bond acceptors (Lipinski definition) is 5.